The van der Waals surface area contributed by atoms with Crippen molar-refractivity contribution in [2.45, 2.75) is 45.6 Å². The number of aryl methyl sites for hydroxylation is 2. The van der Waals surface area contributed by atoms with Crippen LogP contribution in [-0.4, -0.2) is 28.1 Å². The zero-order valence-corrected chi connectivity index (χ0v) is 12.4. The molecule has 0 spiro atoms. The highest BCUT2D eigenvalue weighted by atomic mass is 32.1. The number of urea groups is 1. The third kappa shape index (κ3) is 3.69. The van der Waals surface area contributed by atoms with Gasteiger partial charge in [-0.15, -0.1) is 11.3 Å². The smallest absolute Gasteiger partial charge is 0.321 e. The number of thiazole rings is 1. The Hall–Kier alpha value is -1.63. The molecule has 20 heavy (non-hydrogen) atoms. The molecule has 6 nitrogen and oxygen atoms in total. The summed E-state index contributed by atoms with van der Waals surface area (Å²) in [5.74, 6) is -1.12. The average Bonchev–Trinajstić information content (AvgIpc) is 2.68. The molecule has 1 aromatic rings. The largest absolute Gasteiger partial charge is 0.481 e. The third-order valence-electron chi connectivity index (χ3n) is 3.61. The lowest BCUT2D eigenvalue weighted by Crippen LogP contribution is -2.42. The second-order valence-electron chi connectivity index (χ2n) is 5.16. The summed E-state index contributed by atoms with van der Waals surface area (Å²) in [5, 5.41) is 15.1. The van der Waals surface area contributed by atoms with Gasteiger partial charge in [-0.3, -0.25) is 10.1 Å². The lowest BCUT2D eigenvalue weighted by atomic mass is 9.86. The Bertz CT molecular complexity index is 495. The van der Waals surface area contributed by atoms with Crippen LogP contribution < -0.4 is 10.6 Å². The van der Waals surface area contributed by atoms with Crippen molar-refractivity contribution < 1.29 is 14.7 Å². The van der Waals surface area contributed by atoms with Crippen LogP contribution in [0.2, 0.25) is 0 Å². The molecular formula is C13H19N3O3S. The summed E-state index contributed by atoms with van der Waals surface area (Å²) in [6, 6.07) is -0.387. The molecule has 0 aliphatic heterocycles. The van der Waals surface area contributed by atoms with Gasteiger partial charge in [-0.25, -0.2) is 9.78 Å². The standard InChI is InChI=1S/C13H19N3O3S/c1-7-8(2)20-13(14-7)16-12(19)15-10-5-3-4-9(6-10)11(17)18/h9-10H,3-6H2,1-2H3,(H,17,18)(H2,14,15,16,19). The van der Waals surface area contributed by atoms with E-state index in [4.69, 9.17) is 5.11 Å². The number of nitrogens with zero attached hydrogens (tertiary/aromatic N) is 1. The second kappa shape index (κ2) is 6.21. The fourth-order valence-electron chi connectivity index (χ4n) is 2.39. The van der Waals surface area contributed by atoms with Gasteiger partial charge < -0.3 is 10.4 Å². The Morgan fingerprint density at radius 1 is 1.35 bits per heavy atom. The van der Waals surface area contributed by atoms with E-state index in [1.54, 1.807) is 0 Å². The summed E-state index contributed by atoms with van der Waals surface area (Å²) < 4.78 is 0. The summed E-state index contributed by atoms with van der Waals surface area (Å²) >= 11 is 1.43. The van der Waals surface area contributed by atoms with Gasteiger partial charge in [0.15, 0.2) is 5.13 Å². The fraction of sp³-hybridized carbons (Fsp3) is 0.615. The van der Waals surface area contributed by atoms with Crippen molar-refractivity contribution in [1.82, 2.24) is 10.3 Å². The molecule has 1 aliphatic rings. The van der Waals surface area contributed by atoms with Crippen LogP contribution >= 0.6 is 11.3 Å². The van der Waals surface area contributed by atoms with E-state index in [0.717, 1.165) is 23.4 Å². The first-order valence-corrected chi connectivity index (χ1v) is 7.51. The molecule has 110 valence electrons. The molecule has 2 rings (SSSR count). The van der Waals surface area contributed by atoms with E-state index in [1.807, 2.05) is 13.8 Å². The number of carbonyl (C=O) groups excluding carboxylic acids is 1. The quantitative estimate of drug-likeness (QED) is 0.799. The van der Waals surface area contributed by atoms with E-state index < -0.39 is 5.97 Å². The monoisotopic (exact) mass is 297 g/mol. The highest BCUT2D eigenvalue weighted by Crippen LogP contribution is 2.25. The van der Waals surface area contributed by atoms with E-state index in [0.29, 0.717) is 18.0 Å². The van der Waals surface area contributed by atoms with Gasteiger partial charge in [0, 0.05) is 10.9 Å². The number of hydrogen-bond acceptors (Lipinski definition) is 4. The number of carbonyl (C=O) groups is 2. The van der Waals surface area contributed by atoms with Gasteiger partial charge in [0.1, 0.15) is 0 Å². The summed E-state index contributed by atoms with van der Waals surface area (Å²) in [5.41, 5.74) is 0.911. The van der Waals surface area contributed by atoms with Gasteiger partial charge in [-0.1, -0.05) is 6.42 Å². The van der Waals surface area contributed by atoms with Crippen molar-refractivity contribution in [3.05, 3.63) is 10.6 Å². The molecule has 2 unspecified atom stereocenters. The van der Waals surface area contributed by atoms with E-state index in [1.165, 1.54) is 11.3 Å². The van der Waals surface area contributed by atoms with Crippen LogP contribution in [0.25, 0.3) is 0 Å². The van der Waals surface area contributed by atoms with Crippen LogP contribution in [0.15, 0.2) is 0 Å². The molecule has 1 saturated carbocycles. The fourth-order valence-corrected chi connectivity index (χ4v) is 3.20. The number of rotatable bonds is 3. The first-order valence-electron chi connectivity index (χ1n) is 6.70. The Morgan fingerprint density at radius 2 is 2.10 bits per heavy atom. The molecule has 0 aromatic carbocycles. The molecular weight excluding hydrogens is 278 g/mol. The minimum atomic E-state index is -0.775. The number of hydrogen-bond donors (Lipinski definition) is 3. The molecule has 0 radical (unpaired) electrons. The molecule has 1 heterocycles. The summed E-state index contributed by atoms with van der Waals surface area (Å²) in [6.45, 7) is 3.85. The molecule has 7 heteroatoms. The SMILES string of the molecule is Cc1nc(NC(=O)NC2CCCC(C(=O)O)C2)sc1C. The van der Waals surface area contributed by atoms with Gasteiger partial charge in [-0.05, 0) is 33.1 Å². The van der Waals surface area contributed by atoms with Crippen LogP contribution in [0.1, 0.15) is 36.3 Å². The summed E-state index contributed by atoms with van der Waals surface area (Å²) in [7, 11) is 0. The highest BCUT2D eigenvalue weighted by molar-refractivity contribution is 7.15. The number of carboxylic acid groups (broad SMARTS) is 1. The Labute approximate surface area is 121 Å². The van der Waals surface area contributed by atoms with Gasteiger partial charge in [0.25, 0.3) is 0 Å². The number of aliphatic carboxylic acids is 1. The normalized spacial score (nSPS) is 22.3. The molecule has 1 aromatic heterocycles. The molecule has 1 fully saturated rings. The van der Waals surface area contributed by atoms with Crippen LogP contribution in [0.3, 0.4) is 0 Å². The lowest BCUT2D eigenvalue weighted by molar-refractivity contribution is -0.143. The number of anilines is 1. The van der Waals surface area contributed by atoms with Crippen molar-refractivity contribution in [2.24, 2.45) is 5.92 Å². The Balaban J connectivity index is 1.86. The minimum Gasteiger partial charge on any atom is -0.481 e. The molecule has 1 aliphatic carbocycles. The maximum atomic E-state index is 11.9. The van der Waals surface area contributed by atoms with Crippen molar-refractivity contribution in [3.8, 4) is 0 Å². The first kappa shape index (κ1) is 14.8. The number of amides is 2. The predicted molar refractivity (Wildman–Crippen MR) is 77.1 cm³/mol. The molecule has 3 N–H and O–H groups in total. The Kier molecular flexibility index (Phi) is 4.59. The van der Waals surface area contributed by atoms with Crippen molar-refractivity contribution in [3.63, 3.8) is 0 Å². The van der Waals surface area contributed by atoms with Crippen molar-refractivity contribution in [2.75, 3.05) is 5.32 Å². The van der Waals surface area contributed by atoms with Crippen LogP contribution in [0, 0.1) is 19.8 Å². The average molecular weight is 297 g/mol. The number of carboxylic acids is 1. The maximum absolute atomic E-state index is 11.9. The zero-order valence-electron chi connectivity index (χ0n) is 11.6. The zero-order chi connectivity index (χ0) is 14.7. The third-order valence-corrected chi connectivity index (χ3v) is 4.60. The van der Waals surface area contributed by atoms with E-state index in [-0.39, 0.29) is 18.0 Å². The Morgan fingerprint density at radius 3 is 2.70 bits per heavy atom. The molecule has 0 bridgehead atoms. The maximum Gasteiger partial charge on any atom is 0.321 e. The van der Waals surface area contributed by atoms with E-state index in [2.05, 4.69) is 15.6 Å². The van der Waals surface area contributed by atoms with E-state index >= 15 is 0 Å². The molecule has 0 saturated heterocycles. The lowest BCUT2D eigenvalue weighted by Gasteiger charge is -2.27. The van der Waals surface area contributed by atoms with Crippen LogP contribution in [0.4, 0.5) is 9.93 Å². The van der Waals surface area contributed by atoms with Crippen LogP contribution in [0.5, 0.6) is 0 Å². The molecule has 2 amide bonds. The summed E-state index contributed by atoms with van der Waals surface area (Å²) in [6.07, 6.45) is 2.85. The van der Waals surface area contributed by atoms with Gasteiger partial charge in [0.05, 0.1) is 11.6 Å². The van der Waals surface area contributed by atoms with Gasteiger partial charge in [0.2, 0.25) is 0 Å². The highest BCUT2D eigenvalue weighted by Gasteiger charge is 2.27. The van der Waals surface area contributed by atoms with Crippen molar-refractivity contribution in [1.29, 1.82) is 0 Å². The minimum absolute atomic E-state index is 0.0768. The van der Waals surface area contributed by atoms with Gasteiger partial charge in [-0.2, -0.15) is 0 Å². The van der Waals surface area contributed by atoms with Crippen molar-refractivity contribution >= 4 is 28.5 Å². The second-order valence-corrected chi connectivity index (χ2v) is 6.36. The van der Waals surface area contributed by atoms with E-state index in [9.17, 15) is 9.59 Å². The number of nitrogens with one attached hydrogen (secondary N) is 2. The van der Waals surface area contributed by atoms with Crippen LogP contribution in [-0.2, 0) is 4.79 Å². The molecule has 2 atom stereocenters. The first-order chi connectivity index (χ1) is 9.45. The summed E-state index contributed by atoms with van der Waals surface area (Å²) in [4.78, 5) is 28.2. The number of aromatic nitrogens is 1. The van der Waals surface area contributed by atoms with Gasteiger partial charge >= 0.3 is 12.0 Å². The predicted octanol–water partition coefficient (Wildman–Crippen LogP) is 2.52. The topological polar surface area (TPSA) is 91.3 Å².